The number of carbonyl (C=O) groups is 1. The molecule has 1 aromatic carbocycles. The van der Waals surface area contributed by atoms with Gasteiger partial charge in [-0.15, -0.1) is 0 Å². The average Bonchev–Trinajstić information content (AvgIpc) is 3.03. The van der Waals surface area contributed by atoms with Crippen molar-refractivity contribution in [1.82, 2.24) is 14.7 Å². The zero-order valence-electron chi connectivity index (χ0n) is 15.8. The topological polar surface area (TPSA) is 50.6 Å². The summed E-state index contributed by atoms with van der Waals surface area (Å²) in [4.78, 5) is 16.7. The van der Waals surface area contributed by atoms with E-state index in [9.17, 15) is 9.18 Å². The van der Waals surface area contributed by atoms with Crippen molar-refractivity contribution in [3.05, 3.63) is 54.1 Å². The third-order valence-electron chi connectivity index (χ3n) is 4.62. The highest BCUT2D eigenvalue weighted by molar-refractivity contribution is 5.77. The van der Waals surface area contributed by atoms with Gasteiger partial charge in [0, 0.05) is 31.9 Å². The minimum Gasteiger partial charge on any atom is -0.492 e. The van der Waals surface area contributed by atoms with E-state index in [4.69, 9.17) is 4.74 Å². The summed E-state index contributed by atoms with van der Waals surface area (Å²) >= 11 is 0. The molecule has 0 spiro atoms. The largest absolute Gasteiger partial charge is 0.492 e. The van der Waals surface area contributed by atoms with E-state index < -0.39 is 0 Å². The van der Waals surface area contributed by atoms with Gasteiger partial charge in [-0.25, -0.2) is 4.39 Å². The fourth-order valence-corrected chi connectivity index (χ4v) is 3.23. The van der Waals surface area contributed by atoms with Gasteiger partial charge >= 0.3 is 0 Å². The third kappa shape index (κ3) is 4.48. The Labute approximate surface area is 158 Å². The van der Waals surface area contributed by atoms with E-state index in [0.29, 0.717) is 38.5 Å². The van der Waals surface area contributed by atoms with Crippen molar-refractivity contribution < 1.29 is 13.9 Å². The molecule has 2 heterocycles. The van der Waals surface area contributed by atoms with Crippen molar-refractivity contribution in [2.24, 2.45) is 0 Å². The highest BCUT2D eigenvalue weighted by Gasteiger charge is 2.23. The fourth-order valence-electron chi connectivity index (χ4n) is 3.23. The Balaban J connectivity index is 1.60. The molecule has 144 valence electrons. The van der Waals surface area contributed by atoms with Crippen LogP contribution in [0.5, 0.6) is 0 Å². The molecule has 1 amide bonds. The fraction of sp³-hybridized carbons (Fsp3) is 0.400. The summed E-state index contributed by atoms with van der Waals surface area (Å²) in [5, 5.41) is 4.40. The first-order chi connectivity index (χ1) is 13.0. The number of amides is 1. The maximum Gasteiger partial charge on any atom is 0.244 e. The number of halogens is 1. The van der Waals surface area contributed by atoms with Crippen LogP contribution in [0.4, 0.5) is 10.1 Å². The summed E-state index contributed by atoms with van der Waals surface area (Å²) in [6.45, 7) is 11.0. The van der Waals surface area contributed by atoms with Gasteiger partial charge in [-0.2, -0.15) is 5.10 Å². The predicted octanol–water partition coefficient (Wildman–Crippen LogP) is 2.69. The smallest absolute Gasteiger partial charge is 0.244 e. The summed E-state index contributed by atoms with van der Waals surface area (Å²) in [5.74, 6) is 0.293. The molecular weight excluding hydrogens is 347 g/mol. The molecule has 1 aliphatic rings. The summed E-state index contributed by atoms with van der Waals surface area (Å²) < 4.78 is 20.2. The average molecular weight is 372 g/mol. The molecule has 1 aromatic heterocycles. The lowest BCUT2D eigenvalue weighted by molar-refractivity contribution is -0.132. The molecule has 6 nitrogen and oxygen atoms in total. The van der Waals surface area contributed by atoms with Crippen LogP contribution in [-0.4, -0.2) is 53.4 Å². The van der Waals surface area contributed by atoms with Gasteiger partial charge in [-0.3, -0.25) is 9.48 Å². The summed E-state index contributed by atoms with van der Waals surface area (Å²) in [7, 11) is 0. The Hall–Kier alpha value is -2.83. The molecule has 27 heavy (non-hydrogen) atoms. The van der Waals surface area contributed by atoms with Crippen LogP contribution < -0.4 is 4.90 Å². The number of hydrogen-bond acceptors (Lipinski definition) is 4. The van der Waals surface area contributed by atoms with Gasteiger partial charge in [0.25, 0.3) is 0 Å². The van der Waals surface area contributed by atoms with Crippen LogP contribution in [-0.2, 0) is 16.1 Å². The number of benzene rings is 1. The van der Waals surface area contributed by atoms with Crippen LogP contribution >= 0.6 is 0 Å². The quantitative estimate of drug-likeness (QED) is 0.732. The second-order valence-corrected chi connectivity index (χ2v) is 6.53. The van der Waals surface area contributed by atoms with Gasteiger partial charge < -0.3 is 14.5 Å². The Kier molecular flexibility index (Phi) is 5.78. The van der Waals surface area contributed by atoms with Crippen molar-refractivity contribution in [2.45, 2.75) is 20.4 Å². The molecule has 3 rings (SSSR count). The van der Waals surface area contributed by atoms with Crippen LogP contribution in [0, 0.1) is 12.7 Å². The van der Waals surface area contributed by atoms with Gasteiger partial charge in [0.05, 0.1) is 12.3 Å². The number of aromatic nitrogens is 2. The van der Waals surface area contributed by atoms with Crippen LogP contribution in [0.25, 0.3) is 5.76 Å². The number of nitrogens with zero attached hydrogens (tertiary/aromatic N) is 4. The normalized spacial score (nSPS) is 14.3. The van der Waals surface area contributed by atoms with Crippen molar-refractivity contribution in [3.8, 4) is 0 Å². The zero-order chi connectivity index (χ0) is 19.4. The number of ether oxygens (including phenoxy) is 1. The van der Waals surface area contributed by atoms with Crippen LogP contribution in [0.15, 0.2) is 36.9 Å². The number of carbonyl (C=O) groups excluding carboxylic acids is 1. The first kappa shape index (κ1) is 18.9. The molecule has 1 saturated heterocycles. The number of hydrogen-bond donors (Lipinski definition) is 0. The summed E-state index contributed by atoms with van der Waals surface area (Å²) in [5.41, 5.74) is 2.52. The maximum atomic E-state index is 13.1. The Morgan fingerprint density at radius 2 is 1.89 bits per heavy atom. The second kappa shape index (κ2) is 8.24. The highest BCUT2D eigenvalue weighted by atomic mass is 19.1. The molecule has 2 aromatic rings. The van der Waals surface area contributed by atoms with E-state index >= 15 is 0 Å². The van der Waals surface area contributed by atoms with E-state index in [-0.39, 0.29) is 18.3 Å². The molecule has 0 bridgehead atoms. The molecule has 0 atom stereocenters. The predicted molar refractivity (Wildman–Crippen MR) is 103 cm³/mol. The van der Waals surface area contributed by atoms with Gasteiger partial charge in [0.2, 0.25) is 5.91 Å². The standard InChI is InChI=1S/C20H25FN4O2/c1-4-27-16(3)19-13-15(2)22-25(19)14-20(26)24-11-9-23(10-12-24)18-7-5-17(21)6-8-18/h5-8,13H,3-4,9-12,14H2,1-2H3. The SMILES string of the molecule is C=C(OCC)c1cc(C)nn1CC(=O)N1CCN(c2ccc(F)cc2)CC1. The van der Waals surface area contributed by atoms with E-state index in [1.54, 1.807) is 16.8 Å². The first-order valence-corrected chi connectivity index (χ1v) is 9.12. The second-order valence-electron chi connectivity index (χ2n) is 6.53. The van der Waals surface area contributed by atoms with Gasteiger partial charge in [-0.1, -0.05) is 6.58 Å². The van der Waals surface area contributed by atoms with Crippen molar-refractivity contribution in [3.63, 3.8) is 0 Å². The molecule has 0 saturated carbocycles. The Morgan fingerprint density at radius 1 is 1.22 bits per heavy atom. The van der Waals surface area contributed by atoms with E-state index in [1.165, 1.54) is 12.1 Å². The van der Waals surface area contributed by atoms with Gasteiger partial charge in [0.15, 0.2) is 0 Å². The third-order valence-corrected chi connectivity index (χ3v) is 4.62. The van der Waals surface area contributed by atoms with Crippen molar-refractivity contribution in [1.29, 1.82) is 0 Å². The number of anilines is 1. The molecule has 0 aliphatic carbocycles. The van der Waals surface area contributed by atoms with Crippen LogP contribution in [0.2, 0.25) is 0 Å². The van der Waals surface area contributed by atoms with E-state index in [2.05, 4.69) is 16.6 Å². The highest BCUT2D eigenvalue weighted by Crippen LogP contribution is 2.18. The van der Waals surface area contributed by atoms with E-state index in [0.717, 1.165) is 17.1 Å². The molecule has 7 heteroatoms. The van der Waals surface area contributed by atoms with Crippen molar-refractivity contribution in [2.75, 3.05) is 37.7 Å². The first-order valence-electron chi connectivity index (χ1n) is 9.12. The van der Waals surface area contributed by atoms with Gasteiger partial charge in [-0.05, 0) is 44.2 Å². The molecule has 0 unspecified atom stereocenters. The Bertz CT molecular complexity index is 808. The van der Waals surface area contributed by atoms with Crippen molar-refractivity contribution >= 4 is 17.4 Å². The summed E-state index contributed by atoms with van der Waals surface area (Å²) in [6.07, 6.45) is 0. The lowest BCUT2D eigenvalue weighted by Crippen LogP contribution is -2.49. The van der Waals surface area contributed by atoms with Gasteiger partial charge in [0.1, 0.15) is 23.8 Å². The molecule has 1 fully saturated rings. The molecular formula is C20H25FN4O2. The minimum atomic E-state index is -0.244. The monoisotopic (exact) mass is 372 g/mol. The molecule has 0 radical (unpaired) electrons. The lowest BCUT2D eigenvalue weighted by Gasteiger charge is -2.36. The lowest BCUT2D eigenvalue weighted by atomic mass is 10.2. The zero-order valence-corrected chi connectivity index (χ0v) is 15.8. The van der Waals surface area contributed by atoms with E-state index in [1.807, 2.05) is 24.8 Å². The summed E-state index contributed by atoms with van der Waals surface area (Å²) in [6, 6.07) is 8.33. The number of aryl methyl sites for hydroxylation is 1. The number of rotatable bonds is 6. The molecule has 1 aliphatic heterocycles. The van der Waals surface area contributed by atoms with Crippen LogP contribution in [0.3, 0.4) is 0 Å². The minimum absolute atomic E-state index is 0.0161. The molecule has 0 N–H and O–H groups in total. The maximum absolute atomic E-state index is 13.1. The number of piperazine rings is 1. The Morgan fingerprint density at radius 3 is 2.52 bits per heavy atom. The van der Waals surface area contributed by atoms with Crippen LogP contribution in [0.1, 0.15) is 18.3 Å².